The van der Waals surface area contributed by atoms with Gasteiger partial charge in [-0.2, -0.15) is 4.31 Å². The number of ether oxygens (including phenoxy) is 1. The molecule has 3 rings (SSSR count). The molecule has 0 aromatic heterocycles. The molecule has 1 fully saturated rings. The lowest BCUT2D eigenvalue weighted by Crippen LogP contribution is -2.48. The van der Waals surface area contributed by atoms with Gasteiger partial charge in [0.1, 0.15) is 0 Å². The van der Waals surface area contributed by atoms with Crippen molar-refractivity contribution in [2.24, 2.45) is 0 Å². The van der Waals surface area contributed by atoms with Gasteiger partial charge in [0.2, 0.25) is 15.9 Å². The van der Waals surface area contributed by atoms with Gasteiger partial charge in [-0.05, 0) is 62.4 Å². The van der Waals surface area contributed by atoms with Gasteiger partial charge in [0.05, 0.1) is 23.6 Å². The summed E-state index contributed by atoms with van der Waals surface area (Å²) in [5.74, 6) is -0.222. The molecular weight excluding hydrogens is 414 g/mol. The number of carbonyl (C=O) groups is 1. The molecule has 1 aliphatic heterocycles. The van der Waals surface area contributed by atoms with E-state index >= 15 is 0 Å². The number of nitrogens with zero attached hydrogens (tertiary/aromatic N) is 1. The zero-order chi connectivity index (χ0) is 21.0. The molecule has 1 aliphatic rings. The first-order valence-corrected chi connectivity index (χ1v) is 11.1. The summed E-state index contributed by atoms with van der Waals surface area (Å²) in [5, 5.41) is 6.33. The van der Waals surface area contributed by atoms with Gasteiger partial charge in [0.25, 0.3) is 0 Å². The third kappa shape index (κ3) is 5.70. The first-order valence-electron chi connectivity index (χ1n) is 9.29. The lowest BCUT2D eigenvalue weighted by atomic mass is 10.3. The van der Waals surface area contributed by atoms with Gasteiger partial charge in [0, 0.05) is 29.5 Å². The number of amides is 1. The monoisotopic (exact) mass is 437 g/mol. The van der Waals surface area contributed by atoms with Crippen LogP contribution < -0.4 is 10.6 Å². The van der Waals surface area contributed by atoms with Crippen LogP contribution in [0.15, 0.2) is 53.4 Å². The zero-order valence-corrected chi connectivity index (χ0v) is 17.8. The molecule has 29 heavy (non-hydrogen) atoms. The molecule has 0 spiro atoms. The van der Waals surface area contributed by atoms with Gasteiger partial charge in [0.15, 0.2) is 0 Å². The molecule has 1 amide bonds. The molecule has 7 nitrogen and oxygen atoms in total. The molecule has 2 aromatic carbocycles. The van der Waals surface area contributed by atoms with Crippen LogP contribution in [0.5, 0.6) is 0 Å². The molecule has 156 valence electrons. The van der Waals surface area contributed by atoms with Crippen molar-refractivity contribution >= 4 is 38.9 Å². The van der Waals surface area contributed by atoms with Gasteiger partial charge < -0.3 is 15.4 Å². The van der Waals surface area contributed by atoms with E-state index in [9.17, 15) is 13.2 Å². The largest absolute Gasteiger partial charge is 0.376 e. The van der Waals surface area contributed by atoms with Crippen LogP contribution in [0.1, 0.15) is 13.8 Å². The number of carbonyl (C=O) groups excluding carboxylic acids is 1. The smallest absolute Gasteiger partial charge is 0.243 e. The first kappa shape index (κ1) is 21.6. The van der Waals surface area contributed by atoms with E-state index in [0.717, 1.165) is 0 Å². The SMILES string of the molecule is CC1CN(S(=O)(=O)c2ccc(NCC(=O)Nc3ccc(Cl)cc3)cc2)CC(C)O1. The number of nitrogens with one attached hydrogen (secondary N) is 2. The van der Waals surface area contributed by atoms with Crippen molar-refractivity contribution in [2.75, 3.05) is 30.3 Å². The van der Waals surface area contributed by atoms with Crippen LogP contribution in [0.2, 0.25) is 5.02 Å². The van der Waals surface area contributed by atoms with E-state index in [1.807, 2.05) is 13.8 Å². The molecule has 0 saturated carbocycles. The molecule has 1 heterocycles. The molecule has 2 aromatic rings. The second kappa shape index (κ2) is 9.13. The predicted octanol–water partition coefficient (Wildman–Crippen LogP) is 3.19. The Kier molecular flexibility index (Phi) is 6.79. The Bertz CT molecular complexity index is 939. The Hall–Kier alpha value is -2.13. The Labute approximate surface area is 176 Å². The van der Waals surface area contributed by atoms with Gasteiger partial charge in [-0.3, -0.25) is 4.79 Å². The number of sulfonamides is 1. The zero-order valence-electron chi connectivity index (χ0n) is 16.3. The molecule has 0 bridgehead atoms. The summed E-state index contributed by atoms with van der Waals surface area (Å²) in [4.78, 5) is 12.3. The Balaban J connectivity index is 1.58. The number of benzene rings is 2. The molecule has 2 unspecified atom stereocenters. The van der Waals surface area contributed by atoms with Crippen molar-refractivity contribution < 1.29 is 17.9 Å². The summed E-state index contributed by atoms with van der Waals surface area (Å²) in [6, 6.07) is 13.2. The minimum atomic E-state index is -3.58. The van der Waals surface area contributed by atoms with Crippen LogP contribution in [-0.4, -0.2) is 50.5 Å². The van der Waals surface area contributed by atoms with Gasteiger partial charge in [-0.15, -0.1) is 0 Å². The molecule has 2 atom stereocenters. The van der Waals surface area contributed by atoms with E-state index in [-0.39, 0.29) is 29.6 Å². The average molecular weight is 438 g/mol. The van der Waals surface area contributed by atoms with Crippen LogP contribution in [-0.2, 0) is 19.6 Å². The summed E-state index contributed by atoms with van der Waals surface area (Å²) in [7, 11) is -3.58. The summed E-state index contributed by atoms with van der Waals surface area (Å²) >= 11 is 5.82. The molecular formula is C20H24ClN3O4S. The Morgan fingerprint density at radius 1 is 1.03 bits per heavy atom. The number of morpholine rings is 1. The third-order valence-corrected chi connectivity index (χ3v) is 6.56. The average Bonchev–Trinajstić information content (AvgIpc) is 2.68. The summed E-state index contributed by atoms with van der Waals surface area (Å²) < 4.78 is 32.8. The van der Waals surface area contributed by atoms with Crippen molar-refractivity contribution in [2.45, 2.75) is 31.0 Å². The summed E-state index contributed by atoms with van der Waals surface area (Å²) in [6.07, 6.45) is -0.290. The summed E-state index contributed by atoms with van der Waals surface area (Å²) in [6.45, 7) is 4.43. The van der Waals surface area contributed by atoms with Crippen LogP contribution in [0.3, 0.4) is 0 Å². The van der Waals surface area contributed by atoms with Crippen LogP contribution in [0, 0.1) is 0 Å². The van der Waals surface area contributed by atoms with E-state index in [2.05, 4.69) is 10.6 Å². The van der Waals surface area contributed by atoms with Crippen molar-refractivity contribution in [3.05, 3.63) is 53.6 Å². The van der Waals surface area contributed by atoms with Crippen LogP contribution in [0.4, 0.5) is 11.4 Å². The van der Waals surface area contributed by atoms with Gasteiger partial charge >= 0.3 is 0 Å². The minimum Gasteiger partial charge on any atom is -0.376 e. The number of hydrogen-bond acceptors (Lipinski definition) is 5. The Morgan fingerprint density at radius 2 is 1.59 bits per heavy atom. The van der Waals surface area contributed by atoms with Gasteiger partial charge in [-0.1, -0.05) is 11.6 Å². The van der Waals surface area contributed by atoms with Crippen molar-refractivity contribution in [1.82, 2.24) is 4.31 Å². The number of hydrogen-bond donors (Lipinski definition) is 2. The minimum absolute atomic E-state index is 0.0488. The second-order valence-corrected chi connectivity index (χ2v) is 9.39. The quantitative estimate of drug-likeness (QED) is 0.724. The lowest BCUT2D eigenvalue weighted by Gasteiger charge is -2.34. The van der Waals surface area contributed by atoms with E-state index < -0.39 is 10.0 Å². The molecule has 0 aliphatic carbocycles. The van der Waals surface area contributed by atoms with E-state index in [0.29, 0.717) is 29.5 Å². The number of rotatable bonds is 6. The standard InChI is InChI=1S/C20H24ClN3O4S/c1-14-12-24(13-15(2)28-14)29(26,27)19-9-7-17(8-10-19)22-11-20(25)23-18-5-3-16(21)4-6-18/h3-10,14-15,22H,11-13H2,1-2H3,(H,23,25). The lowest BCUT2D eigenvalue weighted by molar-refractivity contribution is -0.114. The highest BCUT2D eigenvalue weighted by atomic mass is 35.5. The fourth-order valence-electron chi connectivity index (χ4n) is 3.14. The Morgan fingerprint density at radius 3 is 2.17 bits per heavy atom. The second-order valence-electron chi connectivity index (χ2n) is 7.01. The maximum Gasteiger partial charge on any atom is 0.243 e. The fourth-order valence-corrected chi connectivity index (χ4v) is 4.86. The molecule has 0 radical (unpaired) electrons. The topological polar surface area (TPSA) is 87.7 Å². The van der Waals surface area contributed by atoms with Gasteiger partial charge in [-0.25, -0.2) is 8.42 Å². The van der Waals surface area contributed by atoms with Crippen LogP contribution >= 0.6 is 11.6 Å². The fraction of sp³-hybridized carbons (Fsp3) is 0.350. The van der Waals surface area contributed by atoms with E-state index in [4.69, 9.17) is 16.3 Å². The van der Waals surface area contributed by atoms with Crippen molar-refractivity contribution in [3.8, 4) is 0 Å². The molecule has 9 heteroatoms. The molecule has 2 N–H and O–H groups in total. The third-order valence-electron chi connectivity index (χ3n) is 4.46. The maximum absolute atomic E-state index is 12.9. The van der Waals surface area contributed by atoms with Crippen molar-refractivity contribution in [1.29, 1.82) is 0 Å². The highest BCUT2D eigenvalue weighted by molar-refractivity contribution is 7.89. The normalized spacial score (nSPS) is 20.2. The maximum atomic E-state index is 12.9. The van der Waals surface area contributed by atoms with E-state index in [1.54, 1.807) is 48.5 Å². The predicted molar refractivity (Wildman–Crippen MR) is 114 cm³/mol. The van der Waals surface area contributed by atoms with Crippen molar-refractivity contribution in [3.63, 3.8) is 0 Å². The number of halogens is 1. The highest BCUT2D eigenvalue weighted by Crippen LogP contribution is 2.22. The van der Waals surface area contributed by atoms with E-state index in [1.165, 1.54) is 4.31 Å². The van der Waals surface area contributed by atoms with Crippen LogP contribution in [0.25, 0.3) is 0 Å². The number of anilines is 2. The first-order chi connectivity index (χ1) is 13.7. The molecule has 1 saturated heterocycles. The summed E-state index contributed by atoms with van der Waals surface area (Å²) in [5.41, 5.74) is 1.30. The highest BCUT2D eigenvalue weighted by Gasteiger charge is 2.32.